The monoisotopic (exact) mass is 343 g/mol. The number of nitrogens with zero attached hydrogens (tertiary/aromatic N) is 1. The number of hydrogen-bond acceptors (Lipinski definition) is 5. The van der Waals surface area contributed by atoms with Gasteiger partial charge in [0.15, 0.2) is 0 Å². The molecule has 3 N–H and O–H groups in total. The molecule has 1 rings (SSSR count). The summed E-state index contributed by atoms with van der Waals surface area (Å²) in [5, 5.41) is 2.58. The number of amides is 3. The summed E-state index contributed by atoms with van der Waals surface area (Å²) in [4.78, 5) is 37.5. The topological polar surface area (TPSA) is 111 Å². The van der Waals surface area contributed by atoms with E-state index >= 15 is 0 Å². The molecule has 1 saturated heterocycles. The first kappa shape index (κ1) is 20.1. The lowest BCUT2D eigenvalue weighted by Crippen LogP contribution is -2.63. The van der Waals surface area contributed by atoms with Crippen LogP contribution in [0.25, 0.3) is 0 Å². The Bertz CT molecular complexity index is 497. The van der Waals surface area contributed by atoms with E-state index in [1.807, 2.05) is 0 Å². The lowest BCUT2D eigenvalue weighted by atomic mass is 9.87. The quantitative estimate of drug-likeness (QED) is 0.794. The largest absolute Gasteiger partial charge is 0.444 e. The number of piperidine rings is 1. The Kier molecular flexibility index (Phi) is 5.74. The molecule has 1 fully saturated rings. The highest BCUT2D eigenvalue weighted by Crippen LogP contribution is 2.24. The summed E-state index contributed by atoms with van der Waals surface area (Å²) in [6.45, 7) is 11.1. The third-order valence-electron chi connectivity index (χ3n) is 3.48. The first-order valence-corrected chi connectivity index (χ1v) is 8.03. The molecule has 138 valence electrons. The molecule has 0 bridgehead atoms. The summed E-state index contributed by atoms with van der Waals surface area (Å²) in [5.74, 6) is -0.641. The molecular weight excluding hydrogens is 314 g/mol. The third-order valence-corrected chi connectivity index (χ3v) is 3.48. The van der Waals surface area contributed by atoms with Crippen molar-refractivity contribution in [2.75, 3.05) is 13.1 Å². The van der Waals surface area contributed by atoms with Gasteiger partial charge in [-0.2, -0.15) is 0 Å². The molecule has 3 amide bonds. The number of primary amides is 1. The lowest BCUT2D eigenvalue weighted by molar-refractivity contribution is -0.126. The molecule has 0 spiro atoms. The zero-order chi connectivity index (χ0) is 18.8. The molecule has 24 heavy (non-hydrogen) atoms. The standard InChI is InChI=1S/C16H29N3O5/c1-14(2,3)23-12(21)18-16(11(17)20)7-9-19(10-8-16)13(22)24-15(4,5)6/h7-10H2,1-6H3,(H2,17,20)(H,18,21). The third kappa shape index (κ3) is 5.90. The Labute approximate surface area is 143 Å². The molecule has 1 heterocycles. The van der Waals surface area contributed by atoms with E-state index in [0.717, 1.165) is 0 Å². The van der Waals surface area contributed by atoms with Gasteiger partial charge in [0.25, 0.3) is 0 Å². The van der Waals surface area contributed by atoms with Crippen LogP contribution in [0.4, 0.5) is 9.59 Å². The van der Waals surface area contributed by atoms with E-state index in [1.165, 1.54) is 4.90 Å². The summed E-state index contributed by atoms with van der Waals surface area (Å²) >= 11 is 0. The summed E-state index contributed by atoms with van der Waals surface area (Å²) in [7, 11) is 0. The average molecular weight is 343 g/mol. The molecule has 0 aromatic rings. The van der Waals surface area contributed by atoms with Gasteiger partial charge < -0.3 is 25.4 Å². The van der Waals surface area contributed by atoms with Crippen molar-refractivity contribution >= 4 is 18.1 Å². The molecule has 0 saturated carbocycles. The van der Waals surface area contributed by atoms with Gasteiger partial charge in [0.2, 0.25) is 5.91 Å². The highest BCUT2D eigenvalue weighted by Gasteiger charge is 2.43. The van der Waals surface area contributed by atoms with Gasteiger partial charge in [0.05, 0.1) is 0 Å². The van der Waals surface area contributed by atoms with Gasteiger partial charge in [-0.1, -0.05) is 0 Å². The molecular formula is C16H29N3O5. The van der Waals surface area contributed by atoms with E-state index in [-0.39, 0.29) is 25.9 Å². The van der Waals surface area contributed by atoms with Gasteiger partial charge in [-0.15, -0.1) is 0 Å². The number of hydrogen-bond donors (Lipinski definition) is 2. The van der Waals surface area contributed by atoms with Crippen molar-refractivity contribution in [1.29, 1.82) is 0 Å². The molecule has 0 aromatic carbocycles. The lowest BCUT2D eigenvalue weighted by Gasteiger charge is -2.40. The predicted octanol–water partition coefficient (Wildman–Crippen LogP) is 1.77. The first-order valence-electron chi connectivity index (χ1n) is 8.03. The minimum atomic E-state index is -1.22. The normalized spacial score (nSPS) is 17.8. The fraction of sp³-hybridized carbons (Fsp3) is 0.812. The Morgan fingerprint density at radius 3 is 1.79 bits per heavy atom. The second-order valence-corrected chi connectivity index (χ2v) is 8.04. The van der Waals surface area contributed by atoms with E-state index in [9.17, 15) is 14.4 Å². The Morgan fingerprint density at radius 1 is 0.958 bits per heavy atom. The number of carbonyl (C=O) groups is 3. The van der Waals surface area contributed by atoms with Gasteiger partial charge in [-0.3, -0.25) is 4.79 Å². The summed E-state index contributed by atoms with van der Waals surface area (Å²) in [6.07, 6.45) is -0.730. The van der Waals surface area contributed by atoms with Crippen LogP contribution >= 0.6 is 0 Å². The van der Waals surface area contributed by atoms with Crippen LogP contribution in [0.2, 0.25) is 0 Å². The van der Waals surface area contributed by atoms with Gasteiger partial charge in [-0.05, 0) is 54.4 Å². The maximum absolute atomic E-state index is 12.1. The Hall–Kier alpha value is -1.99. The van der Waals surface area contributed by atoms with Crippen molar-refractivity contribution in [3.63, 3.8) is 0 Å². The highest BCUT2D eigenvalue weighted by atomic mass is 16.6. The summed E-state index contributed by atoms with van der Waals surface area (Å²) < 4.78 is 10.5. The van der Waals surface area contributed by atoms with Crippen molar-refractivity contribution in [2.45, 2.75) is 71.1 Å². The van der Waals surface area contributed by atoms with Crippen molar-refractivity contribution in [1.82, 2.24) is 10.2 Å². The van der Waals surface area contributed by atoms with Crippen LogP contribution in [0.1, 0.15) is 54.4 Å². The van der Waals surface area contributed by atoms with Crippen LogP contribution in [0.3, 0.4) is 0 Å². The number of nitrogens with two attached hydrogens (primary N) is 1. The maximum Gasteiger partial charge on any atom is 0.410 e. The molecule has 0 unspecified atom stereocenters. The zero-order valence-electron chi connectivity index (χ0n) is 15.4. The van der Waals surface area contributed by atoms with Crippen LogP contribution in [0.15, 0.2) is 0 Å². The van der Waals surface area contributed by atoms with Crippen LogP contribution in [-0.4, -0.2) is 52.8 Å². The minimum Gasteiger partial charge on any atom is -0.444 e. The Balaban J connectivity index is 2.72. The SMILES string of the molecule is CC(C)(C)OC(=O)NC1(C(N)=O)CCN(C(=O)OC(C)(C)C)CC1. The number of carbonyl (C=O) groups excluding carboxylic acids is 3. The van der Waals surface area contributed by atoms with Crippen LogP contribution < -0.4 is 11.1 Å². The van der Waals surface area contributed by atoms with Crippen molar-refractivity contribution in [3.05, 3.63) is 0 Å². The average Bonchev–Trinajstić information content (AvgIpc) is 2.34. The second-order valence-electron chi connectivity index (χ2n) is 8.04. The molecule has 8 heteroatoms. The van der Waals surface area contributed by atoms with E-state index in [0.29, 0.717) is 0 Å². The molecule has 0 aromatic heterocycles. The molecule has 0 aliphatic carbocycles. The maximum atomic E-state index is 12.1. The van der Waals surface area contributed by atoms with Crippen LogP contribution in [0.5, 0.6) is 0 Å². The first-order chi connectivity index (χ1) is 10.7. The molecule has 8 nitrogen and oxygen atoms in total. The van der Waals surface area contributed by atoms with E-state index in [4.69, 9.17) is 15.2 Å². The molecule has 0 radical (unpaired) electrons. The fourth-order valence-electron chi connectivity index (χ4n) is 2.33. The zero-order valence-corrected chi connectivity index (χ0v) is 15.4. The van der Waals surface area contributed by atoms with Gasteiger partial charge >= 0.3 is 12.2 Å². The fourth-order valence-corrected chi connectivity index (χ4v) is 2.33. The second kappa shape index (κ2) is 6.86. The van der Waals surface area contributed by atoms with E-state index in [2.05, 4.69) is 5.32 Å². The van der Waals surface area contributed by atoms with E-state index < -0.39 is 34.8 Å². The van der Waals surface area contributed by atoms with Crippen molar-refractivity contribution in [2.24, 2.45) is 5.73 Å². The summed E-state index contributed by atoms with van der Waals surface area (Å²) in [5.41, 5.74) is 3.00. The van der Waals surface area contributed by atoms with Crippen molar-refractivity contribution in [3.8, 4) is 0 Å². The van der Waals surface area contributed by atoms with Crippen LogP contribution in [0, 0.1) is 0 Å². The van der Waals surface area contributed by atoms with Crippen LogP contribution in [-0.2, 0) is 14.3 Å². The number of ether oxygens (including phenoxy) is 2. The van der Waals surface area contributed by atoms with Gasteiger partial charge in [0.1, 0.15) is 16.7 Å². The summed E-state index contributed by atoms with van der Waals surface area (Å²) in [6, 6.07) is 0. The number of likely N-dealkylation sites (tertiary alicyclic amines) is 1. The Morgan fingerprint density at radius 2 is 1.42 bits per heavy atom. The molecule has 1 aliphatic rings. The van der Waals surface area contributed by atoms with Crippen molar-refractivity contribution < 1.29 is 23.9 Å². The predicted molar refractivity (Wildman–Crippen MR) is 88.3 cm³/mol. The van der Waals surface area contributed by atoms with E-state index in [1.54, 1.807) is 41.5 Å². The molecule has 0 atom stereocenters. The number of nitrogens with one attached hydrogen (secondary N) is 1. The smallest absolute Gasteiger partial charge is 0.410 e. The molecule has 1 aliphatic heterocycles. The number of alkyl carbamates (subject to hydrolysis) is 1. The highest BCUT2D eigenvalue weighted by molar-refractivity contribution is 5.89. The van der Waals surface area contributed by atoms with Gasteiger partial charge in [0, 0.05) is 13.1 Å². The number of rotatable bonds is 2. The van der Waals surface area contributed by atoms with Gasteiger partial charge in [-0.25, -0.2) is 9.59 Å². The minimum absolute atomic E-state index is 0.209.